The van der Waals surface area contributed by atoms with Gasteiger partial charge >= 0.3 is 0 Å². The molecule has 0 saturated heterocycles. The number of anilines is 1. The molecule has 2 rings (SSSR count). The lowest BCUT2D eigenvalue weighted by atomic mass is 10.2. The van der Waals surface area contributed by atoms with E-state index in [0.29, 0.717) is 26.9 Å². The van der Waals surface area contributed by atoms with Crippen LogP contribution < -0.4 is 10.4 Å². The minimum atomic E-state index is -1.44. The first kappa shape index (κ1) is 15.5. The van der Waals surface area contributed by atoms with E-state index in [4.69, 9.17) is 23.2 Å². The highest BCUT2D eigenvalue weighted by Crippen LogP contribution is 2.30. The maximum absolute atomic E-state index is 11.4. The summed E-state index contributed by atoms with van der Waals surface area (Å²) in [5.74, 6) is -2.05. The standard InChI is InChI=1S/C13H8Cl2N2O3S/c14-8-2-1-7(5-9(8)15)10-6-21-13(16-10)17-11(18)3-4-12(19)20/h1-6H,(H,19,20)(H,16,17,18)/p-1. The molecule has 0 radical (unpaired) electrons. The van der Waals surface area contributed by atoms with Crippen molar-refractivity contribution in [2.24, 2.45) is 0 Å². The number of amides is 1. The summed E-state index contributed by atoms with van der Waals surface area (Å²) in [5.41, 5.74) is 1.38. The first-order valence-electron chi connectivity index (χ1n) is 5.56. The van der Waals surface area contributed by atoms with Gasteiger partial charge in [0.05, 0.1) is 21.7 Å². The first-order valence-corrected chi connectivity index (χ1v) is 7.20. The van der Waals surface area contributed by atoms with Gasteiger partial charge < -0.3 is 9.90 Å². The van der Waals surface area contributed by atoms with Crippen molar-refractivity contribution in [3.8, 4) is 11.3 Å². The fourth-order valence-corrected chi connectivity index (χ4v) is 2.43. The maximum atomic E-state index is 11.4. The van der Waals surface area contributed by atoms with Crippen molar-refractivity contribution in [2.75, 3.05) is 5.32 Å². The van der Waals surface area contributed by atoms with Gasteiger partial charge in [0.15, 0.2) is 5.13 Å². The summed E-state index contributed by atoms with van der Waals surface area (Å²) in [6, 6.07) is 5.07. The van der Waals surface area contributed by atoms with Crippen LogP contribution in [0.5, 0.6) is 0 Å². The molecule has 2 aromatic rings. The Morgan fingerprint density at radius 3 is 2.67 bits per heavy atom. The summed E-state index contributed by atoms with van der Waals surface area (Å²) in [5, 5.41) is 15.6. The smallest absolute Gasteiger partial charge is 0.250 e. The molecule has 0 aliphatic carbocycles. The van der Waals surface area contributed by atoms with Crippen LogP contribution in [-0.4, -0.2) is 16.9 Å². The monoisotopic (exact) mass is 341 g/mol. The number of hydrogen-bond donors (Lipinski definition) is 1. The summed E-state index contributed by atoms with van der Waals surface area (Å²) in [7, 11) is 0. The van der Waals surface area contributed by atoms with Gasteiger partial charge in [0.25, 0.3) is 0 Å². The molecule has 108 valence electrons. The quantitative estimate of drug-likeness (QED) is 0.865. The average Bonchev–Trinajstić information content (AvgIpc) is 2.88. The molecule has 0 fully saturated rings. The Balaban J connectivity index is 2.12. The molecule has 1 amide bonds. The number of rotatable bonds is 4. The van der Waals surface area contributed by atoms with Gasteiger partial charge in [-0.05, 0) is 18.2 Å². The fraction of sp³-hybridized carbons (Fsp3) is 0. The number of aliphatic carboxylic acids is 1. The van der Waals surface area contributed by atoms with Crippen molar-refractivity contribution in [1.82, 2.24) is 4.98 Å². The van der Waals surface area contributed by atoms with E-state index in [2.05, 4.69) is 10.3 Å². The van der Waals surface area contributed by atoms with E-state index in [-0.39, 0.29) is 0 Å². The number of halogens is 2. The first-order chi connectivity index (χ1) is 9.95. The Morgan fingerprint density at radius 2 is 2.00 bits per heavy atom. The number of hydrogen-bond acceptors (Lipinski definition) is 5. The van der Waals surface area contributed by atoms with Crippen LogP contribution >= 0.6 is 34.5 Å². The minimum Gasteiger partial charge on any atom is -0.545 e. The highest BCUT2D eigenvalue weighted by molar-refractivity contribution is 7.14. The summed E-state index contributed by atoms with van der Waals surface area (Å²) in [4.78, 5) is 25.8. The zero-order chi connectivity index (χ0) is 15.4. The Hall–Kier alpha value is -1.89. The molecule has 21 heavy (non-hydrogen) atoms. The van der Waals surface area contributed by atoms with E-state index < -0.39 is 11.9 Å². The third-order valence-corrected chi connectivity index (χ3v) is 3.82. The Kier molecular flexibility index (Phi) is 4.95. The van der Waals surface area contributed by atoms with Crippen molar-refractivity contribution in [1.29, 1.82) is 0 Å². The van der Waals surface area contributed by atoms with Gasteiger partial charge in [-0.3, -0.25) is 10.1 Å². The molecule has 8 heteroatoms. The highest BCUT2D eigenvalue weighted by Gasteiger charge is 2.08. The number of nitrogens with one attached hydrogen (secondary N) is 1. The molecular formula is C13H7Cl2N2O3S-. The molecule has 0 saturated carbocycles. The predicted molar refractivity (Wildman–Crippen MR) is 80.3 cm³/mol. The van der Waals surface area contributed by atoms with Crippen molar-refractivity contribution in [3.63, 3.8) is 0 Å². The van der Waals surface area contributed by atoms with Crippen LogP contribution in [-0.2, 0) is 9.59 Å². The Morgan fingerprint density at radius 1 is 1.24 bits per heavy atom. The summed E-state index contributed by atoms with van der Waals surface area (Å²) in [6.07, 6.45) is 1.50. The van der Waals surface area contributed by atoms with Gasteiger partial charge in [0, 0.05) is 17.0 Å². The van der Waals surface area contributed by atoms with E-state index in [1.54, 1.807) is 23.6 Å². The number of carboxylic acids is 1. The zero-order valence-corrected chi connectivity index (χ0v) is 12.6. The van der Waals surface area contributed by atoms with E-state index in [9.17, 15) is 14.7 Å². The topological polar surface area (TPSA) is 82.1 Å². The Bertz CT molecular complexity index is 728. The summed E-state index contributed by atoms with van der Waals surface area (Å²) < 4.78 is 0. The number of carbonyl (C=O) groups excluding carboxylic acids is 2. The van der Waals surface area contributed by atoms with Crippen LogP contribution in [0.2, 0.25) is 10.0 Å². The largest absolute Gasteiger partial charge is 0.545 e. The zero-order valence-electron chi connectivity index (χ0n) is 10.3. The van der Waals surface area contributed by atoms with Gasteiger partial charge in [-0.2, -0.15) is 0 Å². The van der Waals surface area contributed by atoms with Gasteiger partial charge in [0.1, 0.15) is 0 Å². The summed E-state index contributed by atoms with van der Waals surface area (Å²) >= 11 is 13.0. The molecule has 1 aromatic heterocycles. The normalized spacial score (nSPS) is 10.8. The van der Waals surface area contributed by atoms with E-state index >= 15 is 0 Å². The SMILES string of the molecule is O=C([O-])C=CC(=O)Nc1nc(-c2ccc(Cl)c(Cl)c2)cs1. The lowest BCUT2D eigenvalue weighted by Gasteiger charge is -2.00. The number of carboxylic acid groups (broad SMARTS) is 1. The lowest BCUT2D eigenvalue weighted by molar-refractivity contribution is -0.297. The van der Waals surface area contributed by atoms with Crippen LogP contribution in [0.1, 0.15) is 0 Å². The summed E-state index contributed by atoms with van der Waals surface area (Å²) in [6.45, 7) is 0. The van der Waals surface area contributed by atoms with Crippen LogP contribution in [0.15, 0.2) is 35.7 Å². The van der Waals surface area contributed by atoms with Crippen molar-refractivity contribution in [2.45, 2.75) is 0 Å². The number of benzene rings is 1. The molecule has 0 spiro atoms. The molecular weight excluding hydrogens is 335 g/mol. The van der Waals surface area contributed by atoms with Crippen LogP contribution in [0, 0.1) is 0 Å². The van der Waals surface area contributed by atoms with E-state index in [1.165, 1.54) is 11.3 Å². The number of nitrogens with zero attached hydrogens (tertiary/aromatic N) is 1. The molecule has 0 aliphatic heterocycles. The van der Waals surface area contributed by atoms with E-state index in [0.717, 1.165) is 11.6 Å². The van der Waals surface area contributed by atoms with Crippen LogP contribution in [0.3, 0.4) is 0 Å². The Labute approximate surface area is 133 Å². The highest BCUT2D eigenvalue weighted by atomic mass is 35.5. The number of carbonyl (C=O) groups is 2. The fourth-order valence-electron chi connectivity index (χ4n) is 1.41. The third-order valence-electron chi connectivity index (χ3n) is 2.32. The van der Waals surface area contributed by atoms with Crippen LogP contribution in [0.4, 0.5) is 5.13 Å². The molecule has 1 heterocycles. The average molecular weight is 342 g/mol. The number of thiazole rings is 1. The molecule has 1 aromatic carbocycles. The second kappa shape index (κ2) is 6.71. The third kappa shape index (κ3) is 4.29. The van der Waals surface area contributed by atoms with Crippen LogP contribution in [0.25, 0.3) is 11.3 Å². The molecule has 0 aliphatic rings. The second-order valence-corrected chi connectivity index (χ2v) is 5.48. The van der Waals surface area contributed by atoms with Crippen molar-refractivity contribution >= 4 is 51.5 Å². The van der Waals surface area contributed by atoms with Gasteiger partial charge in [-0.15, -0.1) is 11.3 Å². The number of aromatic nitrogens is 1. The second-order valence-electron chi connectivity index (χ2n) is 3.81. The van der Waals surface area contributed by atoms with Crippen molar-refractivity contribution < 1.29 is 14.7 Å². The van der Waals surface area contributed by atoms with Gasteiger partial charge in [0.2, 0.25) is 5.91 Å². The van der Waals surface area contributed by atoms with Gasteiger partial charge in [-0.25, -0.2) is 4.98 Å². The van der Waals surface area contributed by atoms with Gasteiger partial charge in [-0.1, -0.05) is 29.3 Å². The predicted octanol–water partition coefficient (Wildman–Crippen LogP) is 2.36. The molecule has 1 N–H and O–H groups in total. The molecule has 0 atom stereocenters. The minimum absolute atomic E-state index is 0.337. The lowest BCUT2D eigenvalue weighted by Crippen LogP contribution is -2.20. The molecule has 0 bridgehead atoms. The molecule has 0 unspecified atom stereocenters. The van der Waals surface area contributed by atoms with Crippen molar-refractivity contribution in [3.05, 3.63) is 45.8 Å². The molecule has 5 nitrogen and oxygen atoms in total. The van der Waals surface area contributed by atoms with E-state index in [1.807, 2.05) is 0 Å². The maximum Gasteiger partial charge on any atom is 0.250 e.